The lowest BCUT2D eigenvalue weighted by Gasteiger charge is -2.23. The first-order valence-corrected chi connectivity index (χ1v) is 9.12. The van der Waals surface area contributed by atoms with Crippen molar-refractivity contribution in [3.8, 4) is 11.4 Å². The highest BCUT2D eigenvalue weighted by atomic mass is 14.8. The highest BCUT2D eigenvalue weighted by Gasteiger charge is 2.38. The Bertz CT molecular complexity index is 859. The molecule has 0 atom stereocenters. The zero-order chi connectivity index (χ0) is 17.6. The minimum atomic E-state index is 0.225. The summed E-state index contributed by atoms with van der Waals surface area (Å²) in [7, 11) is 0. The van der Waals surface area contributed by atoms with Gasteiger partial charge in [-0.25, -0.2) is 0 Å². The number of hydrogen-bond acceptors (Lipinski definition) is 2. The minimum absolute atomic E-state index is 0.225. The van der Waals surface area contributed by atoms with Crippen molar-refractivity contribution in [1.29, 1.82) is 0 Å². The molecule has 0 saturated heterocycles. The number of aromatic nitrogens is 2. The molecule has 2 nitrogen and oxygen atoms in total. The Hall–Kier alpha value is -2.42. The molecule has 3 aromatic rings. The monoisotopic (exact) mass is 326 g/mol. The number of nitrogens with zero attached hydrogens (tertiary/aromatic N) is 2. The summed E-state index contributed by atoms with van der Waals surface area (Å²) >= 11 is 0. The van der Waals surface area contributed by atoms with Gasteiger partial charge in [-0.05, 0) is 46.0 Å². The van der Waals surface area contributed by atoms with Crippen LogP contribution in [0.5, 0.6) is 0 Å². The third kappa shape index (κ3) is 2.50. The largest absolute Gasteiger partial charge is 0.255 e. The standard InChI is InChI=1S/C22H23BN2/c1-14(2)16-8-5-9-17(15(3)4)20(16)23-18-10-6-12-24-21(18)22-19(23)11-7-13-25-22/h5-15H,1-4H3. The summed E-state index contributed by atoms with van der Waals surface area (Å²) in [6.45, 7) is 9.36. The topological polar surface area (TPSA) is 25.8 Å². The molecule has 0 amide bonds. The Labute approximate surface area is 150 Å². The summed E-state index contributed by atoms with van der Waals surface area (Å²) in [5.74, 6) is 0.962. The molecule has 0 saturated carbocycles. The molecule has 2 aromatic heterocycles. The third-order valence-electron chi connectivity index (χ3n) is 5.23. The van der Waals surface area contributed by atoms with Crippen molar-refractivity contribution in [2.75, 3.05) is 0 Å². The van der Waals surface area contributed by atoms with Crippen molar-refractivity contribution in [1.82, 2.24) is 9.97 Å². The molecule has 1 aliphatic heterocycles. The van der Waals surface area contributed by atoms with Crippen LogP contribution >= 0.6 is 0 Å². The second kappa shape index (κ2) is 6.14. The zero-order valence-electron chi connectivity index (χ0n) is 15.3. The van der Waals surface area contributed by atoms with Crippen LogP contribution < -0.4 is 16.4 Å². The van der Waals surface area contributed by atoms with Crippen molar-refractivity contribution in [2.45, 2.75) is 39.5 Å². The SMILES string of the molecule is CC(C)c1cccc(C(C)C)c1B1c2cccnc2-c2ncccc21. The van der Waals surface area contributed by atoms with Gasteiger partial charge in [0.2, 0.25) is 6.71 Å². The molecule has 1 aliphatic rings. The minimum Gasteiger partial charge on any atom is -0.255 e. The van der Waals surface area contributed by atoms with E-state index in [0.717, 1.165) is 11.4 Å². The maximum atomic E-state index is 4.66. The van der Waals surface area contributed by atoms with E-state index in [1.807, 2.05) is 24.5 Å². The number of pyridine rings is 2. The van der Waals surface area contributed by atoms with Gasteiger partial charge in [0.1, 0.15) is 0 Å². The second-order valence-corrected chi connectivity index (χ2v) is 7.48. The molecule has 124 valence electrons. The van der Waals surface area contributed by atoms with Gasteiger partial charge in [0, 0.05) is 12.4 Å². The summed E-state index contributed by atoms with van der Waals surface area (Å²) in [4.78, 5) is 9.33. The molecular formula is C22H23BN2. The van der Waals surface area contributed by atoms with Crippen LogP contribution in [0.4, 0.5) is 0 Å². The number of rotatable bonds is 3. The first kappa shape index (κ1) is 16.1. The van der Waals surface area contributed by atoms with Gasteiger partial charge >= 0.3 is 0 Å². The Balaban J connectivity index is 2.06. The summed E-state index contributed by atoms with van der Waals surface area (Å²) in [6.07, 6.45) is 3.74. The summed E-state index contributed by atoms with van der Waals surface area (Å²) < 4.78 is 0. The molecule has 3 heterocycles. The van der Waals surface area contributed by atoms with Crippen LogP contribution in [0.15, 0.2) is 54.9 Å². The third-order valence-corrected chi connectivity index (χ3v) is 5.23. The van der Waals surface area contributed by atoms with E-state index in [2.05, 4.69) is 68.0 Å². The fourth-order valence-electron chi connectivity index (χ4n) is 4.12. The molecule has 0 unspecified atom stereocenters. The second-order valence-electron chi connectivity index (χ2n) is 7.48. The predicted molar refractivity (Wildman–Crippen MR) is 107 cm³/mol. The van der Waals surface area contributed by atoms with Crippen molar-refractivity contribution in [3.63, 3.8) is 0 Å². The van der Waals surface area contributed by atoms with E-state index >= 15 is 0 Å². The van der Waals surface area contributed by atoms with Gasteiger partial charge in [-0.3, -0.25) is 9.97 Å². The highest BCUT2D eigenvalue weighted by molar-refractivity contribution is 6.99. The molecule has 1 aromatic carbocycles. The maximum absolute atomic E-state index is 4.66. The smallest absolute Gasteiger partial charge is 0.247 e. The number of fused-ring (bicyclic) bond motifs is 3. The van der Waals surface area contributed by atoms with Gasteiger partial charge < -0.3 is 0 Å². The molecule has 0 N–H and O–H groups in total. The van der Waals surface area contributed by atoms with Gasteiger partial charge in [0.05, 0.1) is 11.4 Å². The van der Waals surface area contributed by atoms with Crippen LogP contribution in [0.1, 0.15) is 50.7 Å². The fourth-order valence-corrected chi connectivity index (χ4v) is 4.12. The van der Waals surface area contributed by atoms with Gasteiger partial charge in [0.15, 0.2) is 0 Å². The van der Waals surface area contributed by atoms with Crippen LogP contribution in [0.2, 0.25) is 0 Å². The van der Waals surface area contributed by atoms with Crippen LogP contribution in [0.25, 0.3) is 11.4 Å². The first-order chi connectivity index (χ1) is 12.1. The Morgan fingerprint density at radius 2 is 1.16 bits per heavy atom. The molecule has 3 heteroatoms. The number of benzene rings is 1. The van der Waals surface area contributed by atoms with Crippen molar-refractivity contribution < 1.29 is 0 Å². The van der Waals surface area contributed by atoms with E-state index in [0.29, 0.717) is 11.8 Å². The van der Waals surface area contributed by atoms with Gasteiger partial charge in [-0.2, -0.15) is 0 Å². The quantitative estimate of drug-likeness (QED) is 0.540. The fraction of sp³-hybridized carbons (Fsp3) is 0.273. The molecule has 25 heavy (non-hydrogen) atoms. The Kier molecular flexibility index (Phi) is 3.95. The van der Waals surface area contributed by atoms with Crippen LogP contribution in [0, 0.1) is 0 Å². The molecule has 4 rings (SSSR count). The lowest BCUT2D eigenvalue weighted by molar-refractivity contribution is 0.845. The molecule has 0 spiro atoms. The molecule has 0 bridgehead atoms. The van der Waals surface area contributed by atoms with E-state index in [1.165, 1.54) is 27.5 Å². The summed E-state index contributed by atoms with van der Waals surface area (Å²) in [5.41, 5.74) is 8.96. The van der Waals surface area contributed by atoms with E-state index in [-0.39, 0.29) is 6.71 Å². The van der Waals surface area contributed by atoms with Crippen LogP contribution in [0.3, 0.4) is 0 Å². The summed E-state index contributed by atoms with van der Waals surface area (Å²) in [5, 5.41) is 0. The number of hydrogen-bond donors (Lipinski definition) is 0. The van der Waals surface area contributed by atoms with Gasteiger partial charge in [-0.1, -0.05) is 63.5 Å². The average molecular weight is 326 g/mol. The van der Waals surface area contributed by atoms with E-state index < -0.39 is 0 Å². The molecule has 0 fully saturated rings. The Morgan fingerprint density at radius 3 is 1.60 bits per heavy atom. The lowest BCUT2D eigenvalue weighted by Crippen LogP contribution is -2.52. The van der Waals surface area contributed by atoms with Gasteiger partial charge in [0.25, 0.3) is 0 Å². The molecule has 0 radical (unpaired) electrons. The first-order valence-electron chi connectivity index (χ1n) is 9.12. The Morgan fingerprint density at radius 1 is 0.680 bits per heavy atom. The normalized spacial score (nSPS) is 12.6. The van der Waals surface area contributed by atoms with Crippen LogP contribution in [-0.2, 0) is 0 Å². The van der Waals surface area contributed by atoms with E-state index in [9.17, 15) is 0 Å². The lowest BCUT2D eigenvalue weighted by atomic mass is 9.37. The van der Waals surface area contributed by atoms with Gasteiger partial charge in [-0.15, -0.1) is 0 Å². The van der Waals surface area contributed by atoms with Crippen molar-refractivity contribution >= 4 is 23.1 Å². The average Bonchev–Trinajstić information content (AvgIpc) is 2.95. The maximum Gasteiger partial charge on any atom is 0.247 e. The van der Waals surface area contributed by atoms with Crippen molar-refractivity contribution in [2.24, 2.45) is 0 Å². The van der Waals surface area contributed by atoms with E-state index in [4.69, 9.17) is 0 Å². The summed E-state index contributed by atoms with van der Waals surface area (Å²) in [6, 6.07) is 15.3. The zero-order valence-corrected chi connectivity index (χ0v) is 15.3. The predicted octanol–water partition coefficient (Wildman–Crippen LogP) is 3.22. The van der Waals surface area contributed by atoms with E-state index in [1.54, 1.807) is 0 Å². The van der Waals surface area contributed by atoms with Crippen LogP contribution in [-0.4, -0.2) is 16.7 Å². The van der Waals surface area contributed by atoms with Crippen molar-refractivity contribution in [3.05, 3.63) is 66.0 Å². The highest BCUT2D eigenvalue weighted by Crippen LogP contribution is 2.24. The molecule has 0 aliphatic carbocycles. The molecular weight excluding hydrogens is 303 g/mol.